The van der Waals surface area contributed by atoms with Gasteiger partial charge in [-0.15, -0.1) is 0 Å². The van der Waals surface area contributed by atoms with Gasteiger partial charge in [-0.3, -0.25) is 0 Å². The van der Waals surface area contributed by atoms with Crippen molar-refractivity contribution in [3.63, 3.8) is 0 Å². The summed E-state index contributed by atoms with van der Waals surface area (Å²) in [7, 11) is 0. The van der Waals surface area contributed by atoms with Crippen molar-refractivity contribution in [1.29, 1.82) is 10.5 Å². The molecule has 64 valence electrons. The molecule has 0 aliphatic carbocycles. The third-order valence-corrected chi connectivity index (χ3v) is 1.88. The molecule has 0 heterocycles. The van der Waals surface area contributed by atoms with Gasteiger partial charge in [0.1, 0.15) is 0 Å². The van der Waals surface area contributed by atoms with Gasteiger partial charge in [0.25, 0.3) is 0 Å². The van der Waals surface area contributed by atoms with Gasteiger partial charge in [-0.25, -0.2) is 0 Å². The topological polar surface area (TPSA) is 73.6 Å². The van der Waals surface area contributed by atoms with Crippen molar-refractivity contribution in [2.75, 3.05) is 5.73 Å². The molecule has 0 aliphatic heterocycles. The molecular weight excluding hydrogens is 162 g/mol. The minimum atomic E-state index is 0.254. The highest BCUT2D eigenvalue weighted by molar-refractivity contribution is 5.55. The Balaban J connectivity index is 3.28. The standard InChI is InChI=1S/C10H9N3/c1-7-4-8(2-3-11)9(6-12)5-10(7)13/h4-5H,2,13H2,1H3. The summed E-state index contributed by atoms with van der Waals surface area (Å²) in [5, 5.41) is 17.3. The van der Waals surface area contributed by atoms with Crippen LogP contribution in [0.4, 0.5) is 5.69 Å². The number of hydrogen-bond donors (Lipinski definition) is 1. The lowest BCUT2D eigenvalue weighted by atomic mass is 10.0. The van der Waals surface area contributed by atoms with E-state index in [0.29, 0.717) is 11.3 Å². The van der Waals surface area contributed by atoms with Crippen LogP contribution in [0.2, 0.25) is 0 Å². The summed E-state index contributed by atoms with van der Waals surface area (Å²) in [6, 6.07) is 7.43. The molecule has 0 aromatic heterocycles. The number of nitrogens with zero attached hydrogens (tertiary/aromatic N) is 2. The van der Waals surface area contributed by atoms with E-state index >= 15 is 0 Å². The van der Waals surface area contributed by atoms with Crippen LogP contribution in [0.1, 0.15) is 16.7 Å². The van der Waals surface area contributed by atoms with E-state index in [2.05, 4.69) is 0 Å². The second-order valence-electron chi connectivity index (χ2n) is 2.81. The van der Waals surface area contributed by atoms with Crippen LogP contribution in [0.3, 0.4) is 0 Å². The van der Waals surface area contributed by atoms with Crippen molar-refractivity contribution in [1.82, 2.24) is 0 Å². The summed E-state index contributed by atoms with van der Waals surface area (Å²) in [6.07, 6.45) is 0.254. The lowest BCUT2D eigenvalue weighted by Gasteiger charge is -2.04. The Hall–Kier alpha value is -2.00. The van der Waals surface area contributed by atoms with Crippen molar-refractivity contribution in [3.8, 4) is 12.1 Å². The predicted molar refractivity (Wildman–Crippen MR) is 49.6 cm³/mol. The van der Waals surface area contributed by atoms with Crippen LogP contribution in [0.25, 0.3) is 0 Å². The fourth-order valence-electron chi connectivity index (χ4n) is 1.12. The van der Waals surface area contributed by atoms with Crippen LogP contribution in [0.15, 0.2) is 12.1 Å². The summed E-state index contributed by atoms with van der Waals surface area (Å²) >= 11 is 0. The molecule has 1 aromatic rings. The molecule has 3 heteroatoms. The minimum Gasteiger partial charge on any atom is -0.398 e. The maximum atomic E-state index is 8.75. The smallest absolute Gasteiger partial charge is 0.0995 e. The van der Waals surface area contributed by atoms with Crippen molar-refractivity contribution in [2.45, 2.75) is 13.3 Å². The van der Waals surface area contributed by atoms with Gasteiger partial charge in [0, 0.05) is 5.69 Å². The van der Waals surface area contributed by atoms with E-state index < -0.39 is 0 Å². The van der Waals surface area contributed by atoms with Gasteiger partial charge in [0.05, 0.1) is 24.1 Å². The molecule has 3 nitrogen and oxygen atoms in total. The molecular formula is C10H9N3. The zero-order valence-corrected chi connectivity index (χ0v) is 7.33. The van der Waals surface area contributed by atoms with Crippen molar-refractivity contribution < 1.29 is 0 Å². The molecule has 1 rings (SSSR count). The Kier molecular flexibility index (Phi) is 2.52. The first-order chi connectivity index (χ1) is 6.19. The molecule has 13 heavy (non-hydrogen) atoms. The Labute approximate surface area is 77.0 Å². The first-order valence-corrected chi connectivity index (χ1v) is 3.85. The van der Waals surface area contributed by atoms with Crippen LogP contribution in [-0.2, 0) is 6.42 Å². The quantitative estimate of drug-likeness (QED) is 0.651. The lowest BCUT2D eigenvalue weighted by Crippen LogP contribution is -1.95. The van der Waals surface area contributed by atoms with E-state index in [1.165, 1.54) is 0 Å². The van der Waals surface area contributed by atoms with Crippen LogP contribution >= 0.6 is 0 Å². The number of anilines is 1. The van der Waals surface area contributed by atoms with E-state index in [1.54, 1.807) is 12.1 Å². The van der Waals surface area contributed by atoms with Crippen LogP contribution in [0.5, 0.6) is 0 Å². The number of rotatable bonds is 1. The Bertz CT molecular complexity index is 407. The molecule has 2 N–H and O–H groups in total. The largest absolute Gasteiger partial charge is 0.398 e. The van der Waals surface area contributed by atoms with Crippen LogP contribution < -0.4 is 5.73 Å². The molecule has 0 radical (unpaired) electrons. The second-order valence-corrected chi connectivity index (χ2v) is 2.81. The first kappa shape index (κ1) is 9.09. The molecule has 1 aromatic carbocycles. The molecule has 0 amide bonds. The summed E-state index contributed by atoms with van der Waals surface area (Å²) in [5.74, 6) is 0. The number of aryl methyl sites for hydroxylation is 1. The van der Waals surface area contributed by atoms with Gasteiger partial charge in [-0.1, -0.05) is 6.07 Å². The van der Waals surface area contributed by atoms with Crippen LogP contribution in [-0.4, -0.2) is 0 Å². The number of nitrogen functional groups attached to an aromatic ring is 1. The van der Waals surface area contributed by atoms with E-state index in [0.717, 1.165) is 11.1 Å². The molecule has 0 aliphatic rings. The fraction of sp³-hybridized carbons (Fsp3) is 0.200. The van der Waals surface area contributed by atoms with Gasteiger partial charge in [-0.05, 0) is 24.1 Å². The zero-order valence-electron chi connectivity index (χ0n) is 7.33. The van der Waals surface area contributed by atoms with Gasteiger partial charge in [0.15, 0.2) is 0 Å². The zero-order chi connectivity index (χ0) is 9.84. The van der Waals surface area contributed by atoms with Gasteiger partial charge in [-0.2, -0.15) is 10.5 Å². The summed E-state index contributed by atoms with van der Waals surface area (Å²) in [6.45, 7) is 1.86. The van der Waals surface area contributed by atoms with Gasteiger partial charge in [0.2, 0.25) is 0 Å². The molecule has 0 unspecified atom stereocenters. The van der Waals surface area contributed by atoms with E-state index in [1.807, 2.05) is 19.1 Å². The average Bonchev–Trinajstić information content (AvgIpc) is 2.11. The van der Waals surface area contributed by atoms with Gasteiger partial charge < -0.3 is 5.73 Å². The van der Waals surface area contributed by atoms with Gasteiger partial charge >= 0.3 is 0 Å². The molecule has 0 spiro atoms. The van der Waals surface area contributed by atoms with E-state index in [9.17, 15) is 0 Å². The highest BCUT2D eigenvalue weighted by atomic mass is 14.6. The first-order valence-electron chi connectivity index (χ1n) is 3.85. The molecule has 0 bridgehead atoms. The second kappa shape index (κ2) is 3.60. The minimum absolute atomic E-state index is 0.254. The predicted octanol–water partition coefficient (Wildman–Crippen LogP) is 1.51. The number of nitrogens with two attached hydrogens (primary N) is 1. The summed E-state index contributed by atoms with van der Waals surface area (Å²) < 4.78 is 0. The number of benzene rings is 1. The molecule has 0 fully saturated rings. The Morgan fingerprint density at radius 2 is 2.08 bits per heavy atom. The normalized spacial score (nSPS) is 8.85. The third kappa shape index (κ3) is 1.77. The highest BCUT2D eigenvalue weighted by Crippen LogP contribution is 2.17. The van der Waals surface area contributed by atoms with Crippen LogP contribution in [0, 0.1) is 29.6 Å². The van der Waals surface area contributed by atoms with Crippen molar-refractivity contribution in [2.24, 2.45) is 0 Å². The molecule has 0 saturated carbocycles. The number of hydrogen-bond acceptors (Lipinski definition) is 3. The van der Waals surface area contributed by atoms with Crippen molar-refractivity contribution >= 4 is 5.69 Å². The van der Waals surface area contributed by atoms with E-state index in [4.69, 9.17) is 16.3 Å². The molecule has 0 atom stereocenters. The molecule has 0 saturated heterocycles. The Morgan fingerprint density at radius 3 is 2.62 bits per heavy atom. The average molecular weight is 171 g/mol. The Morgan fingerprint density at radius 1 is 1.38 bits per heavy atom. The summed E-state index contributed by atoms with van der Waals surface area (Å²) in [4.78, 5) is 0. The van der Waals surface area contributed by atoms with Crippen molar-refractivity contribution in [3.05, 3.63) is 28.8 Å². The number of nitriles is 2. The SMILES string of the molecule is Cc1cc(CC#N)c(C#N)cc1N. The monoisotopic (exact) mass is 171 g/mol. The fourth-order valence-corrected chi connectivity index (χ4v) is 1.12. The highest BCUT2D eigenvalue weighted by Gasteiger charge is 2.04. The third-order valence-electron chi connectivity index (χ3n) is 1.88. The maximum Gasteiger partial charge on any atom is 0.0995 e. The lowest BCUT2D eigenvalue weighted by molar-refractivity contribution is 1.23. The van der Waals surface area contributed by atoms with E-state index in [-0.39, 0.29) is 6.42 Å². The maximum absolute atomic E-state index is 8.75. The summed E-state index contributed by atoms with van der Waals surface area (Å²) in [5.41, 5.74) is 8.37.